The van der Waals surface area contributed by atoms with Crippen LogP contribution in [0.4, 0.5) is 0 Å². The largest absolute Gasteiger partial charge is 0.493 e. The molecule has 4 rings (SSSR count). The summed E-state index contributed by atoms with van der Waals surface area (Å²) >= 11 is 6.24. The van der Waals surface area contributed by atoms with Crippen molar-refractivity contribution in [1.29, 1.82) is 0 Å². The first-order valence-electron chi connectivity index (χ1n) is 7.42. The molecule has 0 amide bonds. The third-order valence-corrected chi connectivity index (χ3v) is 4.91. The van der Waals surface area contributed by atoms with E-state index in [0.29, 0.717) is 5.41 Å². The number of fused-ring (bicyclic) bond motifs is 1. The van der Waals surface area contributed by atoms with Crippen LogP contribution in [0.25, 0.3) is 0 Å². The van der Waals surface area contributed by atoms with Crippen molar-refractivity contribution in [2.75, 3.05) is 13.2 Å². The van der Waals surface area contributed by atoms with Gasteiger partial charge in [-0.05, 0) is 60.8 Å². The summed E-state index contributed by atoms with van der Waals surface area (Å²) in [7, 11) is 0. The van der Waals surface area contributed by atoms with Crippen LogP contribution in [0.5, 0.6) is 5.75 Å². The van der Waals surface area contributed by atoms with Gasteiger partial charge in [0.1, 0.15) is 5.75 Å². The van der Waals surface area contributed by atoms with E-state index in [1.54, 1.807) is 0 Å². The normalized spacial score (nSPS) is 23.0. The molecule has 19 heavy (non-hydrogen) atoms. The second-order valence-electron chi connectivity index (χ2n) is 6.48. The van der Waals surface area contributed by atoms with E-state index in [1.807, 2.05) is 0 Å². The standard InChI is InChI=1S/C16H20ClNO/c17-13-7-11-3-6-19-15(11)12(8-13)9-16(4-5-16)10-18-14-1-2-14/h7-8,14,18H,1-6,9-10H2. The molecular weight excluding hydrogens is 258 g/mol. The van der Waals surface area contributed by atoms with Crippen molar-refractivity contribution in [3.8, 4) is 5.75 Å². The fourth-order valence-electron chi connectivity index (χ4n) is 3.12. The monoisotopic (exact) mass is 277 g/mol. The molecular formula is C16H20ClNO. The summed E-state index contributed by atoms with van der Waals surface area (Å²) in [5.74, 6) is 1.13. The van der Waals surface area contributed by atoms with Gasteiger partial charge in [-0.1, -0.05) is 11.6 Å². The van der Waals surface area contributed by atoms with E-state index in [0.717, 1.165) is 36.3 Å². The molecule has 1 aliphatic heterocycles. The molecule has 2 fully saturated rings. The molecule has 3 heteroatoms. The van der Waals surface area contributed by atoms with Gasteiger partial charge in [0.05, 0.1) is 6.61 Å². The fourth-order valence-corrected chi connectivity index (χ4v) is 3.39. The van der Waals surface area contributed by atoms with Gasteiger partial charge in [0.2, 0.25) is 0 Å². The second kappa shape index (κ2) is 4.39. The summed E-state index contributed by atoms with van der Waals surface area (Å²) in [5.41, 5.74) is 3.11. The second-order valence-corrected chi connectivity index (χ2v) is 6.92. The van der Waals surface area contributed by atoms with Gasteiger partial charge >= 0.3 is 0 Å². The first-order chi connectivity index (χ1) is 9.24. The van der Waals surface area contributed by atoms with Gasteiger partial charge in [-0.3, -0.25) is 0 Å². The van der Waals surface area contributed by atoms with Crippen LogP contribution >= 0.6 is 11.6 Å². The Morgan fingerprint density at radius 3 is 2.89 bits per heavy atom. The van der Waals surface area contributed by atoms with E-state index in [9.17, 15) is 0 Å². The molecule has 0 bridgehead atoms. The van der Waals surface area contributed by atoms with E-state index in [2.05, 4.69) is 17.4 Å². The average molecular weight is 278 g/mol. The molecule has 1 aromatic rings. The number of benzene rings is 1. The van der Waals surface area contributed by atoms with Gasteiger partial charge in [-0.15, -0.1) is 0 Å². The number of hydrogen-bond donors (Lipinski definition) is 1. The van der Waals surface area contributed by atoms with Crippen LogP contribution in [0.3, 0.4) is 0 Å². The molecule has 1 heterocycles. The minimum Gasteiger partial charge on any atom is -0.493 e. The summed E-state index contributed by atoms with van der Waals surface area (Å²) in [6.07, 6.45) is 7.55. The molecule has 1 aromatic carbocycles. The summed E-state index contributed by atoms with van der Waals surface area (Å²) in [4.78, 5) is 0. The third kappa shape index (κ3) is 2.48. The Hall–Kier alpha value is -0.730. The number of nitrogens with one attached hydrogen (secondary N) is 1. The molecule has 0 spiro atoms. The summed E-state index contributed by atoms with van der Waals surface area (Å²) < 4.78 is 5.82. The van der Waals surface area contributed by atoms with Crippen molar-refractivity contribution < 1.29 is 4.74 Å². The van der Waals surface area contributed by atoms with Crippen LogP contribution in [-0.4, -0.2) is 19.2 Å². The van der Waals surface area contributed by atoms with Gasteiger partial charge < -0.3 is 10.1 Å². The lowest BCUT2D eigenvalue weighted by Crippen LogP contribution is -2.27. The summed E-state index contributed by atoms with van der Waals surface area (Å²) in [5, 5.41) is 4.55. The van der Waals surface area contributed by atoms with Crippen molar-refractivity contribution in [3.05, 3.63) is 28.3 Å². The quantitative estimate of drug-likeness (QED) is 0.891. The Balaban J connectivity index is 1.52. The zero-order valence-corrected chi connectivity index (χ0v) is 11.9. The first kappa shape index (κ1) is 12.0. The zero-order chi connectivity index (χ0) is 12.9. The van der Waals surface area contributed by atoms with Crippen LogP contribution < -0.4 is 10.1 Å². The van der Waals surface area contributed by atoms with Gasteiger partial charge in [0.25, 0.3) is 0 Å². The fraction of sp³-hybridized carbons (Fsp3) is 0.625. The SMILES string of the molecule is Clc1cc2c(c(CC3(CNC4CC4)CC3)c1)OCC2. The maximum atomic E-state index is 6.24. The lowest BCUT2D eigenvalue weighted by atomic mass is 9.94. The van der Waals surface area contributed by atoms with Gasteiger partial charge in [0, 0.05) is 24.0 Å². The van der Waals surface area contributed by atoms with Crippen LogP contribution in [0.1, 0.15) is 36.8 Å². The number of rotatable bonds is 5. The number of ether oxygens (including phenoxy) is 1. The molecule has 0 unspecified atom stereocenters. The number of halogens is 1. The minimum absolute atomic E-state index is 0.479. The average Bonchev–Trinajstić information content (AvgIpc) is 3.28. The van der Waals surface area contributed by atoms with Crippen molar-refractivity contribution in [1.82, 2.24) is 5.32 Å². The lowest BCUT2D eigenvalue weighted by Gasteiger charge is -2.18. The molecule has 0 aromatic heterocycles. The smallest absolute Gasteiger partial charge is 0.125 e. The Labute approximate surface area is 119 Å². The summed E-state index contributed by atoms with van der Waals surface area (Å²) in [6, 6.07) is 4.98. The Kier molecular flexibility index (Phi) is 2.78. The van der Waals surface area contributed by atoms with Crippen molar-refractivity contribution in [3.63, 3.8) is 0 Å². The van der Waals surface area contributed by atoms with E-state index in [4.69, 9.17) is 16.3 Å². The van der Waals surface area contributed by atoms with E-state index < -0.39 is 0 Å². The van der Waals surface area contributed by atoms with Crippen LogP contribution in [-0.2, 0) is 12.8 Å². The molecule has 2 nitrogen and oxygen atoms in total. The lowest BCUT2D eigenvalue weighted by molar-refractivity contribution is 0.348. The molecule has 3 aliphatic rings. The molecule has 2 aliphatic carbocycles. The van der Waals surface area contributed by atoms with Crippen molar-refractivity contribution >= 4 is 11.6 Å². The van der Waals surface area contributed by atoms with E-state index in [-0.39, 0.29) is 0 Å². The Bertz CT molecular complexity index is 506. The highest BCUT2D eigenvalue weighted by molar-refractivity contribution is 6.30. The third-order valence-electron chi connectivity index (χ3n) is 4.69. The maximum Gasteiger partial charge on any atom is 0.125 e. The molecule has 102 valence electrons. The van der Waals surface area contributed by atoms with Gasteiger partial charge in [-0.2, -0.15) is 0 Å². The van der Waals surface area contributed by atoms with Crippen molar-refractivity contribution in [2.24, 2.45) is 5.41 Å². The molecule has 1 N–H and O–H groups in total. The highest BCUT2D eigenvalue weighted by Gasteiger charge is 2.44. The van der Waals surface area contributed by atoms with Crippen LogP contribution in [0, 0.1) is 5.41 Å². The Morgan fingerprint density at radius 2 is 2.16 bits per heavy atom. The Morgan fingerprint density at radius 1 is 1.32 bits per heavy atom. The number of hydrogen-bond acceptors (Lipinski definition) is 2. The van der Waals surface area contributed by atoms with Crippen LogP contribution in [0.15, 0.2) is 12.1 Å². The van der Waals surface area contributed by atoms with Gasteiger partial charge in [-0.25, -0.2) is 0 Å². The van der Waals surface area contributed by atoms with Crippen LogP contribution in [0.2, 0.25) is 5.02 Å². The molecule has 0 atom stereocenters. The molecule has 0 saturated heterocycles. The highest BCUT2D eigenvalue weighted by atomic mass is 35.5. The molecule has 2 saturated carbocycles. The highest BCUT2D eigenvalue weighted by Crippen LogP contribution is 2.50. The zero-order valence-electron chi connectivity index (χ0n) is 11.2. The van der Waals surface area contributed by atoms with E-state index >= 15 is 0 Å². The van der Waals surface area contributed by atoms with Crippen molar-refractivity contribution in [2.45, 2.75) is 44.6 Å². The van der Waals surface area contributed by atoms with Gasteiger partial charge in [0.15, 0.2) is 0 Å². The summed E-state index contributed by atoms with van der Waals surface area (Å²) in [6.45, 7) is 1.98. The minimum atomic E-state index is 0.479. The topological polar surface area (TPSA) is 21.3 Å². The predicted molar refractivity (Wildman–Crippen MR) is 77.0 cm³/mol. The predicted octanol–water partition coefficient (Wildman–Crippen LogP) is 3.35. The maximum absolute atomic E-state index is 6.24. The first-order valence-corrected chi connectivity index (χ1v) is 7.79. The van der Waals surface area contributed by atoms with E-state index in [1.165, 1.54) is 43.4 Å². The molecule has 0 radical (unpaired) electrons.